The molecule has 1 amide bonds. The summed E-state index contributed by atoms with van der Waals surface area (Å²) in [5.74, 6) is 1.56. The Morgan fingerprint density at radius 2 is 2.11 bits per heavy atom. The highest BCUT2D eigenvalue weighted by molar-refractivity contribution is 5.97. The zero-order valence-corrected chi connectivity index (χ0v) is 16.3. The lowest BCUT2D eigenvalue weighted by Gasteiger charge is -2.29. The van der Waals surface area contributed by atoms with E-state index < -0.39 is 0 Å². The molecule has 8 heteroatoms. The average Bonchev–Trinajstić information content (AvgIpc) is 3.23. The fourth-order valence-electron chi connectivity index (χ4n) is 3.04. The third-order valence-corrected chi connectivity index (χ3v) is 4.38. The average molecular weight is 384 g/mol. The van der Waals surface area contributed by atoms with Crippen LogP contribution >= 0.6 is 0 Å². The number of amides is 1. The van der Waals surface area contributed by atoms with Gasteiger partial charge in [-0.2, -0.15) is 5.10 Å². The number of benzene rings is 1. The van der Waals surface area contributed by atoms with Crippen LogP contribution < -0.4 is 20.3 Å². The first-order valence-corrected chi connectivity index (χ1v) is 9.79. The van der Waals surface area contributed by atoms with Crippen LogP contribution in [0.2, 0.25) is 0 Å². The molecule has 1 aliphatic heterocycles. The quantitative estimate of drug-likeness (QED) is 0.390. The molecule has 2 heterocycles. The Balaban J connectivity index is 1.44. The SMILES string of the molecule is CCNC(=NCCCN1C(=O)COc2ccccc21)NCCCn1cccn1. The van der Waals surface area contributed by atoms with E-state index in [1.54, 1.807) is 11.1 Å². The standard InChI is InChI=1S/C20H28N6O2/c1-2-21-20(22-10-5-13-25-14-7-12-24-25)23-11-6-15-26-17-8-3-4-9-18(17)28-16-19(26)27/h3-4,7-9,12,14H,2,5-6,10-11,13,15-16H2,1H3,(H2,21,22,23). The smallest absolute Gasteiger partial charge is 0.265 e. The van der Waals surface area contributed by atoms with Gasteiger partial charge in [-0.25, -0.2) is 0 Å². The van der Waals surface area contributed by atoms with Crippen molar-refractivity contribution in [1.29, 1.82) is 0 Å². The van der Waals surface area contributed by atoms with Crippen molar-refractivity contribution in [2.24, 2.45) is 4.99 Å². The van der Waals surface area contributed by atoms with E-state index in [2.05, 4.69) is 20.7 Å². The monoisotopic (exact) mass is 384 g/mol. The largest absolute Gasteiger partial charge is 0.482 e. The van der Waals surface area contributed by atoms with Gasteiger partial charge in [0.15, 0.2) is 12.6 Å². The van der Waals surface area contributed by atoms with Crippen molar-refractivity contribution in [3.8, 4) is 5.75 Å². The molecule has 2 N–H and O–H groups in total. The molecule has 0 unspecified atom stereocenters. The number of guanidine groups is 1. The fourth-order valence-corrected chi connectivity index (χ4v) is 3.04. The van der Waals surface area contributed by atoms with Crippen molar-refractivity contribution < 1.29 is 9.53 Å². The zero-order chi connectivity index (χ0) is 19.6. The summed E-state index contributed by atoms with van der Waals surface area (Å²) < 4.78 is 7.40. The molecule has 1 aliphatic rings. The van der Waals surface area contributed by atoms with Crippen LogP contribution in [0.5, 0.6) is 5.75 Å². The van der Waals surface area contributed by atoms with Gasteiger partial charge in [0.1, 0.15) is 5.75 Å². The molecule has 3 rings (SSSR count). The predicted octanol–water partition coefficient (Wildman–Crippen LogP) is 1.64. The molecule has 0 radical (unpaired) electrons. The maximum atomic E-state index is 12.2. The summed E-state index contributed by atoms with van der Waals surface area (Å²) in [5.41, 5.74) is 0.839. The molecule has 0 spiro atoms. The topological polar surface area (TPSA) is 83.8 Å². The number of aryl methyl sites for hydroxylation is 1. The minimum absolute atomic E-state index is 0.00803. The number of anilines is 1. The Kier molecular flexibility index (Phi) is 7.29. The van der Waals surface area contributed by atoms with Gasteiger partial charge < -0.3 is 20.3 Å². The second-order valence-electron chi connectivity index (χ2n) is 6.47. The lowest BCUT2D eigenvalue weighted by molar-refractivity contribution is -0.121. The summed E-state index contributed by atoms with van der Waals surface area (Å²) in [7, 11) is 0. The highest BCUT2D eigenvalue weighted by atomic mass is 16.5. The van der Waals surface area contributed by atoms with Gasteiger partial charge in [0, 0.05) is 45.1 Å². The second-order valence-corrected chi connectivity index (χ2v) is 6.47. The number of hydrogen-bond acceptors (Lipinski definition) is 4. The number of hydrogen-bond donors (Lipinski definition) is 2. The summed E-state index contributed by atoms with van der Waals surface area (Å²) >= 11 is 0. The second kappa shape index (κ2) is 10.3. The minimum Gasteiger partial charge on any atom is -0.482 e. The van der Waals surface area contributed by atoms with Gasteiger partial charge in [-0.1, -0.05) is 12.1 Å². The van der Waals surface area contributed by atoms with Crippen LogP contribution in [0.25, 0.3) is 0 Å². The predicted molar refractivity (Wildman–Crippen MR) is 110 cm³/mol. The molecule has 0 atom stereocenters. The van der Waals surface area contributed by atoms with Crippen molar-refractivity contribution in [2.75, 3.05) is 37.7 Å². The summed E-state index contributed by atoms with van der Waals surface area (Å²) in [6, 6.07) is 9.57. The van der Waals surface area contributed by atoms with E-state index in [0.29, 0.717) is 13.1 Å². The Labute approximate surface area is 165 Å². The van der Waals surface area contributed by atoms with Crippen molar-refractivity contribution in [3.63, 3.8) is 0 Å². The molecule has 150 valence electrons. The van der Waals surface area contributed by atoms with Gasteiger partial charge in [0.25, 0.3) is 5.91 Å². The number of rotatable bonds is 9. The Morgan fingerprint density at radius 3 is 2.93 bits per heavy atom. The third-order valence-electron chi connectivity index (χ3n) is 4.38. The first kappa shape index (κ1) is 19.7. The minimum atomic E-state index is -0.00803. The lowest BCUT2D eigenvalue weighted by Crippen LogP contribution is -2.40. The van der Waals surface area contributed by atoms with E-state index in [9.17, 15) is 4.79 Å². The molecule has 0 aliphatic carbocycles. The van der Waals surface area contributed by atoms with E-state index in [1.807, 2.05) is 48.1 Å². The van der Waals surface area contributed by atoms with Gasteiger partial charge in [-0.3, -0.25) is 14.5 Å². The van der Waals surface area contributed by atoms with Gasteiger partial charge in [-0.15, -0.1) is 0 Å². The van der Waals surface area contributed by atoms with E-state index >= 15 is 0 Å². The van der Waals surface area contributed by atoms with E-state index in [-0.39, 0.29) is 12.5 Å². The molecule has 0 saturated carbocycles. The molecule has 0 saturated heterocycles. The summed E-state index contributed by atoms with van der Waals surface area (Å²) in [5, 5.41) is 10.8. The highest BCUT2D eigenvalue weighted by Gasteiger charge is 2.24. The molecule has 2 aromatic rings. The maximum absolute atomic E-state index is 12.2. The van der Waals surface area contributed by atoms with Crippen molar-refractivity contribution in [2.45, 2.75) is 26.3 Å². The van der Waals surface area contributed by atoms with Crippen molar-refractivity contribution in [3.05, 3.63) is 42.7 Å². The fraction of sp³-hybridized carbons (Fsp3) is 0.450. The highest BCUT2D eigenvalue weighted by Crippen LogP contribution is 2.31. The molecule has 28 heavy (non-hydrogen) atoms. The van der Waals surface area contributed by atoms with Crippen molar-refractivity contribution in [1.82, 2.24) is 20.4 Å². The number of ether oxygens (including phenoxy) is 1. The van der Waals surface area contributed by atoms with Crippen LogP contribution in [0.4, 0.5) is 5.69 Å². The van der Waals surface area contributed by atoms with Gasteiger partial charge in [0.05, 0.1) is 5.69 Å². The molecule has 0 fully saturated rings. The van der Waals surface area contributed by atoms with Crippen LogP contribution in [0.3, 0.4) is 0 Å². The maximum Gasteiger partial charge on any atom is 0.265 e. The lowest BCUT2D eigenvalue weighted by atomic mass is 10.2. The van der Waals surface area contributed by atoms with Crippen LogP contribution in [-0.2, 0) is 11.3 Å². The van der Waals surface area contributed by atoms with E-state index in [4.69, 9.17) is 4.74 Å². The van der Waals surface area contributed by atoms with Crippen LogP contribution in [0, 0.1) is 0 Å². The van der Waals surface area contributed by atoms with Crippen molar-refractivity contribution >= 4 is 17.6 Å². The normalized spacial score (nSPS) is 13.8. The number of aromatic nitrogens is 2. The molecular formula is C20H28N6O2. The van der Waals surface area contributed by atoms with Crippen LogP contribution in [0.1, 0.15) is 19.8 Å². The zero-order valence-electron chi connectivity index (χ0n) is 16.3. The molecule has 8 nitrogen and oxygen atoms in total. The summed E-state index contributed by atoms with van der Waals surface area (Å²) in [4.78, 5) is 18.6. The van der Waals surface area contributed by atoms with Gasteiger partial charge >= 0.3 is 0 Å². The number of para-hydroxylation sites is 2. The molecule has 1 aromatic carbocycles. The number of carbonyl (C=O) groups is 1. The number of nitrogens with one attached hydrogen (secondary N) is 2. The number of carbonyl (C=O) groups excluding carboxylic acids is 1. The number of fused-ring (bicyclic) bond motifs is 1. The van der Waals surface area contributed by atoms with E-state index in [1.165, 1.54) is 0 Å². The van der Waals surface area contributed by atoms with Crippen LogP contribution in [0.15, 0.2) is 47.7 Å². The summed E-state index contributed by atoms with van der Waals surface area (Å²) in [6.07, 6.45) is 5.50. The molecular weight excluding hydrogens is 356 g/mol. The first-order chi connectivity index (χ1) is 13.8. The van der Waals surface area contributed by atoms with Crippen LogP contribution in [-0.4, -0.2) is 54.4 Å². The van der Waals surface area contributed by atoms with Gasteiger partial charge in [0.2, 0.25) is 0 Å². The Hall–Kier alpha value is -3.03. The van der Waals surface area contributed by atoms with Gasteiger partial charge in [-0.05, 0) is 38.0 Å². The Morgan fingerprint density at radius 1 is 1.21 bits per heavy atom. The summed E-state index contributed by atoms with van der Waals surface area (Å²) in [6.45, 7) is 5.91. The Bertz CT molecular complexity index is 775. The molecule has 0 bridgehead atoms. The third kappa shape index (κ3) is 5.48. The number of nitrogens with zero attached hydrogens (tertiary/aromatic N) is 4. The number of aliphatic imine (C=N–C) groups is 1. The molecule has 1 aromatic heterocycles. The van der Waals surface area contributed by atoms with E-state index in [0.717, 1.165) is 49.9 Å². The first-order valence-electron chi connectivity index (χ1n) is 9.79.